The zero-order valence-electron chi connectivity index (χ0n) is 10.1. The van der Waals surface area contributed by atoms with Crippen molar-refractivity contribution in [2.24, 2.45) is 5.92 Å². The molecule has 0 heteroatoms. The van der Waals surface area contributed by atoms with Crippen molar-refractivity contribution in [3.05, 3.63) is 35.9 Å². The molecule has 1 atom stereocenters. The summed E-state index contributed by atoms with van der Waals surface area (Å²) in [5, 5.41) is 0. The maximum Gasteiger partial charge on any atom is -0.0253 e. The fraction of sp³-hybridized carbons (Fsp3) is 0.571. The van der Waals surface area contributed by atoms with Crippen molar-refractivity contribution in [3.63, 3.8) is 0 Å². The lowest BCUT2D eigenvalue weighted by Crippen LogP contribution is -1.98. The van der Waals surface area contributed by atoms with Crippen LogP contribution in [-0.4, -0.2) is 0 Å². The number of rotatable bonds is 4. The van der Waals surface area contributed by atoms with Crippen LogP contribution < -0.4 is 0 Å². The van der Waals surface area contributed by atoms with Crippen LogP contribution in [0.3, 0.4) is 0 Å². The molecule has 80 valence electrons. The number of hydrogen-bond donors (Lipinski definition) is 0. The molecular formula is C14H24. The summed E-state index contributed by atoms with van der Waals surface area (Å²) in [5.41, 5.74) is 1.47. The minimum atomic E-state index is 0.831. The van der Waals surface area contributed by atoms with E-state index in [1.54, 1.807) is 0 Å². The minimum Gasteiger partial charge on any atom is -0.0683 e. The van der Waals surface area contributed by atoms with Crippen molar-refractivity contribution in [1.82, 2.24) is 0 Å². The average Bonchev–Trinajstić information content (AvgIpc) is 2.22. The first-order valence-electron chi connectivity index (χ1n) is 5.87. The maximum atomic E-state index is 2.33. The Kier molecular flexibility index (Phi) is 8.31. The molecule has 0 aliphatic rings. The van der Waals surface area contributed by atoms with E-state index in [2.05, 4.69) is 44.2 Å². The summed E-state index contributed by atoms with van der Waals surface area (Å²) < 4.78 is 0. The van der Waals surface area contributed by atoms with Gasteiger partial charge < -0.3 is 0 Å². The molecule has 1 aromatic carbocycles. The van der Waals surface area contributed by atoms with Gasteiger partial charge >= 0.3 is 0 Å². The van der Waals surface area contributed by atoms with Gasteiger partial charge in [0.2, 0.25) is 0 Å². The second kappa shape index (κ2) is 8.80. The van der Waals surface area contributed by atoms with Gasteiger partial charge in [-0.05, 0) is 17.9 Å². The predicted molar refractivity (Wildman–Crippen MR) is 65.6 cm³/mol. The standard InChI is InChI=1S/C12H18.C2H6/c1-3-7-11(2)10-12-8-5-4-6-9-12;1-2/h4-6,8-9,11H,3,7,10H2,1-2H3;1-2H3. The van der Waals surface area contributed by atoms with Gasteiger partial charge in [-0.15, -0.1) is 0 Å². The third-order valence-electron chi connectivity index (χ3n) is 2.21. The van der Waals surface area contributed by atoms with Crippen molar-refractivity contribution < 1.29 is 0 Å². The van der Waals surface area contributed by atoms with Crippen molar-refractivity contribution in [3.8, 4) is 0 Å². The molecule has 0 aromatic heterocycles. The Morgan fingerprint density at radius 3 is 2.14 bits per heavy atom. The Morgan fingerprint density at radius 1 is 1.07 bits per heavy atom. The maximum absolute atomic E-state index is 2.33. The van der Waals surface area contributed by atoms with E-state index in [-0.39, 0.29) is 0 Å². The molecule has 0 saturated carbocycles. The Hall–Kier alpha value is -0.780. The van der Waals surface area contributed by atoms with Gasteiger partial charge in [0, 0.05) is 0 Å². The first-order valence-corrected chi connectivity index (χ1v) is 5.87. The van der Waals surface area contributed by atoms with Crippen LogP contribution in [-0.2, 0) is 6.42 Å². The fourth-order valence-corrected chi connectivity index (χ4v) is 1.61. The third-order valence-corrected chi connectivity index (χ3v) is 2.21. The van der Waals surface area contributed by atoms with Crippen molar-refractivity contribution in [2.45, 2.75) is 47.0 Å². The van der Waals surface area contributed by atoms with Crippen LogP contribution in [0.15, 0.2) is 30.3 Å². The van der Waals surface area contributed by atoms with Gasteiger partial charge in [-0.25, -0.2) is 0 Å². The van der Waals surface area contributed by atoms with Gasteiger partial charge in [0.15, 0.2) is 0 Å². The van der Waals surface area contributed by atoms with Crippen LogP contribution in [0, 0.1) is 5.92 Å². The Labute approximate surface area is 89.4 Å². The highest BCUT2D eigenvalue weighted by molar-refractivity contribution is 5.14. The first-order chi connectivity index (χ1) is 6.83. The van der Waals surface area contributed by atoms with Gasteiger partial charge in [-0.1, -0.05) is 70.9 Å². The molecule has 1 unspecified atom stereocenters. The second-order valence-electron chi connectivity index (χ2n) is 3.58. The molecule has 0 amide bonds. The van der Waals surface area contributed by atoms with E-state index in [4.69, 9.17) is 0 Å². The van der Waals surface area contributed by atoms with Crippen LogP contribution >= 0.6 is 0 Å². The van der Waals surface area contributed by atoms with Crippen molar-refractivity contribution in [2.75, 3.05) is 0 Å². The lowest BCUT2D eigenvalue weighted by molar-refractivity contribution is 0.522. The Balaban J connectivity index is 0.000000791. The normalized spacial score (nSPS) is 11.4. The fourth-order valence-electron chi connectivity index (χ4n) is 1.61. The minimum absolute atomic E-state index is 0.831. The molecule has 0 fully saturated rings. The molecule has 0 radical (unpaired) electrons. The zero-order valence-corrected chi connectivity index (χ0v) is 10.1. The molecular weight excluding hydrogens is 168 g/mol. The largest absolute Gasteiger partial charge is 0.0683 e. The van der Waals surface area contributed by atoms with Gasteiger partial charge in [0.1, 0.15) is 0 Å². The quantitative estimate of drug-likeness (QED) is 0.649. The molecule has 1 aromatic rings. The Bertz CT molecular complexity index is 201. The molecule has 1 rings (SSSR count). The molecule has 0 spiro atoms. The van der Waals surface area contributed by atoms with Crippen molar-refractivity contribution >= 4 is 0 Å². The predicted octanol–water partition coefficient (Wildman–Crippen LogP) is 4.69. The topological polar surface area (TPSA) is 0 Å². The molecule has 0 aliphatic heterocycles. The summed E-state index contributed by atoms with van der Waals surface area (Å²) in [7, 11) is 0. The first kappa shape index (κ1) is 13.2. The molecule has 0 aliphatic carbocycles. The van der Waals surface area contributed by atoms with E-state index in [1.165, 1.54) is 24.8 Å². The van der Waals surface area contributed by atoms with Crippen LogP contribution in [0.1, 0.15) is 46.1 Å². The van der Waals surface area contributed by atoms with Crippen LogP contribution in [0.5, 0.6) is 0 Å². The van der Waals surface area contributed by atoms with E-state index < -0.39 is 0 Å². The molecule has 0 saturated heterocycles. The third kappa shape index (κ3) is 5.80. The summed E-state index contributed by atoms with van der Waals surface area (Å²) in [6.45, 7) is 8.58. The van der Waals surface area contributed by atoms with E-state index in [0.717, 1.165) is 5.92 Å². The summed E-state index contributed by atoms with van der Waals surface area (Å²) >= 11 is 0. The van der Waals surface area contributed by atoms with E-state index >= 15 is 0 Å². The van der Waals surface area contributed by atoms with E-state index in [0.29, 0.717) is 0 Å². The molecule has 0 heterocycles. The molecule has 0 nitrogen and oxygen atoms in total. The second-order valence-corrected chi connectivity index (χ2v) is 3.58. The zero-order chi connectivity index (χ0) is 10.8. The monoisotopic (exact) mass is 192 g/mol. The highest BCUT2D eigenvalue weighted by Gasteiger charge is 2.00. The summed E-state index contributed by atoms with van der Waals surface area (Å²) in [5.74, 6) is 0.831. The lowest BCUT2D eigenvalue weighted by Gasteiger charge is -2.08. The Morgan fingerprint density at radius 2 is 1.64 bits per heavy atom. The van der Waals surface area contributed by atoms with Gasteiger partial charge in [-0.2, -0.15) is 0 Å². The van der Waals surface area contributed by atoms with Crippen LogP contribution in [0.25, 0.3) is 0 Å². The molecule has 0 bridgehead atoms. The van der Waals surface area contributed by atoms with E-state index in [9.17, 15) is 0 Å². The van der Waals surface area contributed by atoms with Gasteiger partial charge in [-0.3, -0.25) is 0 Å². The summed E-state index contributed by atoms with van der Waals surface area (Å²) in [6.07, 6.45) is 3.87. The molecule has 0 N–H and O–H groups in total. The van der Waals surface area contributed by atoms with Gasteiger partial charge in [0.25, 0.3) is 0 Å². The highest BCUT2D eigenvalue weighted by atomic mass is 14.1. The van der Waals surface area contributed by atoms with Crippen molar-refractivity contribution in [1.29, 1.82) is 0 Å². The van der Waals surface area contributed by atoms with Crippen LogP contribution in [0.2, 0.25) is 0 Å². The average molecular weight is 192 g/mol. The number of hydrogen-bond acceptors (Lipinski definition) is 0. The smallest absolute Gasteiger partial charge is 0.0253 e. The van der Waals surface area contributed by atoms with E-state index in [1.807, 2.05) is 13.8 Å². The lowest BCUT2D eigenvalue weighted by atomic mass is 9.97. The summed E-state index contributed by atoms with van der Waals surface area (Å²) in [6, 6.07) is 10.7. The van der Waals surface area contributed by atoms with Gasteiger partial charge in [0.05, 0.1) is 0 Å². The van der Waals surface area contributed by atoms with Crippen LogP contribution in [0.4, 0.5) is 0 Å². The highest BCUT2D eigenvalue weighted by Crippen LogP contribution is 2.12. The summed E-state index contributed by atoms with van der Waals surface area (Å²) in [4.78, 5) is 0. The SMILES string of the molecule is CC.CCCC(C)Cc1ccccc1. The molecule has 14 heavy (non-hydrogen) atoms. The number of benzene rings is 1.